The molecule has 1 aliphatic rings. The molecule has 0 unspecified atom stereocenters. The normalized spacial score (nSPS) is 12.4. The van der Waals surface area contributed by atoms with Gasteiger partial charge in [-0.05, 0) is 48.4 Å². The minimum Gasteiger partial charge on any atom is -0.507 e. The molecule has 6 heteroatoms. The van der Waals surface area contributed by atoms with Gasteiger partial charge in [0, 0.05) is 6.42 Å². The molecular weight excluding hydrogens is 334 g/mol. The van der Waals surface area contributed by atoms with E-state index in [0.717, 1.165) is 24.0 Å². The Morgan fingerprint density at radius 2 is 1.77 bits per heavy atom. The van der Waals surface area contributed by atoms with Gasteiger partial charge in [0.05, 0.1) is 11.1 Å². The number of phenolic OH excluding ortho intramolecular Hbond substituents is 2. The second-order valence-corrected chi connectivity index (χ2v) is 6.52. The number of phenols is 2. The maximum absolute atomic E-state index is 12.8. The van der Waals surface area contributed by atoms with Crippen LogP contribution in [0.2, 0.25) is 0 Å². The summed E-state index contributed by atoms with van der Waals surface area (Å²) in [7, 11) is 0. The third-order valence-electron chi connectivity index (χ3n) is 4.79. The van der Waals surface area contributed by atoms with Crippen molar-refractivity contribution in [1.82, 2.24) is 5.48 Å². The highest BCUT2D eigenvalue weighted by molar-refractivity contribution is 6.15. The van der Waals surface area contributed by atoms with Gasteiger partial charge in [0.15, 0.2) is 0 Å². The van der Waals surface area contributed by atoms with Crippen LogP contribution in [0.1, 0.15) is 58.3 Å². The topological polar surface area (TPSA) is 107 Å². The third kappa shape index (κ3) is 3.41. The number of hydroxylamine groups is 1. The van der Waals surface area contributed by atoms with Crippen molar-refractivity contribution in [1.29, 1.82) is 0 Å². The summed E-state index contributed by atoms with van der Waals surface area (Å²) in [5.41, 5.74) is 4.34. The fourth-order valence-corrected chi connectivity index (χ4v) is 3.44. The summed E-state index contributed by atoms with van der Waals surface area (Å²) in [4.78, 5) is 23.8. The molecule has 3 rings (SSSR count). The lowest BCUT2D eigenvalue weighted by molar-refractivity contribution is -0.129. The van der Waals surface area contributed by atoms with Gasteiger partial charge in [-0.1, -0.05) is 30.7 Å². The monoisotopic (exact) mass is 355 g/mol. The first kappa shape index (κ1) is 17.9. The van der Waals surface area contributed by atoms with E-state index in [9.17, 15) is 19.8 Å². The number of rotatable bonds is 6. The predicted octanol–water partition coefficient (Wildman–Crippen LogP) is 2.84. The van der Waals surface area contributed by atoms with Gasteiger partial charge in [0.25, 0.3) is 0 Å². The number of benzene rings is 2. The molecule has 26 heavy (non-hydrogen) atoms. The summed E-state index contributed by atoms with van der Waals surface area (Å²) in [6, 6.07) is 8.68. The molecule has 6 nitrogen and oxygen atoms in total. The van der Waals surface area contributed by atoms with Crippen LogP contribution in [0.25, 0.3) is 0 Å². The Kier molecular flexibility index (Phi) is 5.23. The molecule has 0 atom stereocenters. The van der Waals surface area contributed by atoms with Gasteiger partial charge < -0.3 is 10.2 Å². The van der Waals surface area contributed by atoms with Gasteiger partial charge in [-0.3, -0.25) is 14.8 Å². The maximum Gasteiger partial charge on any atom is 0.243 e. The van der Waals surface area contributed by atoms with Crippen molar-refractivity contribution < 1.29 is 25.0 Å². The lowest BCUT2D eigenvalue weighted by Gasteiger charge is -2.21. The number of hydrogen-bond donors (Lipinski definition) is 4. The fraction of sp³-hybridized carbons (Fsp3) is 0.300. The Labute approximate surface area is 151 Å². The molecule has 0 fully saturated rings. The summed E-state index contributed by atoms with van der Waals surface area (Å²) in [5, 5.41) is 29.1. The summed E-state index contributed by atoms with van der Waals surface area (Å²) in [5.74, 6) is -0.844. The first-order valence-corrected chi connectivity index (χ1v) is 8.65. The van der Waals surface area contributed by atoms with Gasteiger partial charge in [-0.25, -0.2) is 5.48 Å². The maximum atomic E-state index is 12.8. The van der Waals surface area contributed by atoms with Crippen LogP contribution in [0.15, 0.2) is 30.3 Å². The van der Waals surface area contributed by atoms with Crippen molar-refractivity contribution in [3.63, 3.8) is 0 Å². The van der Waals surface area contributed by atoms with Crippen LogP contribution < -0.4 is 5.48 Å². The average Bonchev–Trinajstić information content (AvgIpc) is 2.62. The fourth-order valence-electron chi connectivity index (χ4n) is 3.44. The lowest BCUT2D eigenvalue weighted by atomic mass is 9.82. The molecule has 0 aliphatic heterocycles. The van der Waals surface area contributed by atoms with Crippen LogP contribution in [0.4, 0.5) is 0 Å². The van der Waals surface area contributed by atoms with E-state index < -0.39 is 5.91 Å². The van der Waals surface area contributed by atoms with Crippen LogP contribution in [0.5, 0.6) is 11.5 Å². The second kappa shape index (κ2) is 7.58. The van der Waals surface area contributed by atoms with E-state index in [1.807, 2.05) is 18.2 Å². The predicted molar refractivity (Wildman–Crippen MR) is 94.6 cm³/mol. The summed E-state index contributed by atoms with van der Waals surface area (Å²) >= 11 is 0. The van der Waals surface area contributed by atoms with Crippen molar-refractivity contribution in [3.8, 4) is 11.5 Å². The molecule has 4 N–H and O–H groups in total. The largest absolute Gasteiger partial charge is 0.507 e. The summed E-state index contributed by atoms with van der Waals surface area (Å²) < 4.78 is 0. The molecule has 1 aliphatic carbocycles. The molecule has 0 radical (unpaired) electrons. The number of nitrogens with one attached hydrogen (secondary N) is 1. The van der Waals surface area contributed by atoms with E-state index in [2.05, 4.69) is 0 Å². The Morgan fingerprint density at radius 3 is 2.54 bits per heavy atom. The summed E-state index contributed by atoms with van der Waals surface area (Å²) in [6.07, 6.45) is 3.48. The zero-order valence-electron chi connectivity index (χ0n) is 14.3. The Hall–Kier alpha value is -2.86. The minimum atomic E-state index is -0.411. The van der Waals surface area contributed by atoms with E-state index in [0.29, 0.717) is 24.8 Å². The van der Waals surface area contributed by atoms with Gasteiger partial charge in [0.1, 0.15) is 11.5 Å². The number of carbonyl (C=O) groups excluding carboxylic acids is 2. The van der Waals surface area contributed by atoms with E-state index in [-0.39, 0.29) is 34.8 Å². The second-order valence-electron chi connectivity index (χ2n) is 6.52. The number of unbranched alkanes of at least 4 members (excludes halogenated alkanes) is 2. The van der Waals surface area contributed by atoms with Crippen molar-refractivity contribution in [2.45, 2.75) is 38.5 Å². The Balaban J connectivity index is 1.74. The van der Waals surface area contributed by atoms with Gasteiger partial charge in [-0.15, -0.1) is 0 Å². The number of amides is 1. The number of aromatic hydroxyl groups is 2. The molecule has 2 aromatic rings. The van der Waals surface area contributed by atoms with E-state index >= 15 is 0 Å². The highest BCUT2D eigenvalue weighted by Gasteiger charge is 2.29. The van der Waals surface area contributed by atoms with Crippen LogP contribution in [-0.4, -0.2) is 27.1 Å². The van der Waals surface area contributed by atoms with Crippen LogP contribution in [0.3, 0.4) is 0 Å². The third-order valence-corrected chi connectivity index (χ3v) is 4.79. The molecule has 0 spiro atoms. The Morgan fingerprint density at radius 1 is 1.00 bits per heavy atom. The van der Waals surface area contributed by atoms with Crippen LogP contribution in [0, 0.1) is 0 Å². The SMILES string of the molecule is O=C(CCCCCc1ccc2c(c1O)C(=O)c1c(O)cccc1C2)NO. The van der Waals surface area contributed by atoms with Crippen molar-refractivity contribution in [3.05, 3.63) is 58.1 Å². The number of fused-ring (bicyclic) bond motifs is 2. The molecule has 0 saturated carbocycles. The van der Waals surface area contributed by atoms with Crippen molar-refractivity contribution >= 4 is 11.7 Å². The number of carbonyl (C=O) groups is 2. The molecular formula is C20H21NO5. The first-order chi connectivity index (χ1) is 12.5. The molecule has 136 valence electrons. The van der Waals surface area contributed by atoms with E-state index in [1.54, 1.807) is 11.5 Å². The zero-order chi connectivity index (χ0) is 18.7. The van der Waals surface area contributed by atoms with Gasteiger partial charge >= 0.3 is 0 Å². The lowest BCUT2D eigenvalue weighted by Crippen LogP contribution is -2.17. The number of hydrogen-bond acceptors (Lipinski definition) is 5. The van der Waals surface area contributed by atoms with Crippen molar-refractivity contribution in [2.75, 3.05) is 0 Å². The molecule has 0 bridgehead atoms. The zero-order valence-corrected chi connectivity index (χ0v) is 14.3. The highest BCUT2D eigenvalue weighted by atomic mass is 16.5. The smallest absolute Gasteiger partial charge is 0.243 e. The van der Waals surface area contributed by atoms with Crippen LogP contribution in [-0.2, 0) is 17.6 Å². The highest BCUT2D eigenvalue weighted by Crippen LogP contribution is 2.38. The minimum absolute atomic E-state index is 0.0190. The molecule has 0 saturated heterocycles. The molecule has 1 amide bonds. The summed E-state index contributed by atoms with van der Waals surface area (Å²) in [6.45, 7) is 0. The molecule has 0 heterocycles. The Bertz CT molecular complexity index is 860. The average molecular weight is 355 g/mol. The van der Waals surface area contributed by atoms with Crippen LogP contribution >= 0.6 is 0 Å². The van der Waals surface area contributed by atoms with Gasteiger partial charge in [0.2, 0.25) is 11.7 Å². The van der Waals surface area contributed by atoms with E-state index in [4.69, 9.17) is 5.21 Å². The van der Waals surface area contributed by atoms with Crippen molar-refractivity contribution in [2.24, 2.45) is 0 Å². The molecule has 0 aromatic heterocycles. The standard InChI is InChI=1S/C20H21NO5/c22-15-7-4-6-13-11-14-10-9-12(5-2-1-3-8-16(23)21-26)19(24)18(14)20(25)17(13)15/h4,6-7,9-10,22,24,26H,1-3,5,8,11H2,(H,21,23). The van der Waals surface area contributed by atoms with E-state index in [1.165, 1.54) is 6.07 Å². The van der Waals surface area contributed by atoms with Gasteiger partial charge in [-0.2, -0.15) is 0 Å². The first-order valence-electron chi connectivity index (χ1n) is 8.65. The molecule has 2 aromatic carbocycles. The quantitative estimate of drug-likeness (QED) is 0.309. The number of ketones is 1. The number of aryl methyl sites for hydroxylation is 1.